The highest BCUT2D eigenvalue weighted by Gasteiger charge is 2.41. The molecule has 1 saturated heterocycles. The van der Waals surface area contributed by atoms with Crippen molar-refractivity contribution in [2.75, 3.05) is 89.3 Å². The lowest BCUT2D eigenvalue weighted by atomic mass is 9.84. The van der Waals surface area contributed by atoms with Crippen molar-refractivity contribution in [2.24, 2.45) is 5.41 Å². The van der Waals surface area contributed by atoms with E-state index in [1.165, 1.54) is 16.0 Å². The third kappa shape index (κ3) is 17.8. The Morgan fingerprint density at radius 2 is 1.48 bits per heavy atom. The van der Waals surface area contributed by atoms with Crippen LogP contribution in [0.1, 0.15) is 113 Å². The summed E-state index contributed by atoms with van der Waals surface area (Å²) in [7, 11) is 0. The second-order valence-electron chi connectivity index (χ2n) is 18.8. The summed E-state index contributed by atoms with van der Waals surface area (Å²) in [5.74, 6) is -1.48. The quantitative estimate of drug-likeness (QED) is 0.0406. The second kappa shape index (κ2) is 29.0. The summed E-state index contributed by atoms with van der Waals surface area (Å²) in [6.07, 6.45) is 5.10. The molecule has 2 heterocycles. The van der Waals surface area contributed by atoms with Gasteiger partial charge in [-0.1, -0.05) is 58.0 Å². The fourth-order valence-electron chi connectivity index (χ4n) is 8.31. The summed E-state index contributed by atoms with van der Waals surface area (Å²) < 4.78 is 34.2. The number of carbonyl (C=O) groups excluding carboxylic acids is 6. The number of ketones is 1. The molecule has 3 aromatic carbocycles. The van der Waals surface area contributed by atoms with Gasteiger partial charge in [0.25, 0.3) is 11.8 Å². The van der Waals surface area contributed by atoms with Crippen LogP contribution < -0.4 is 20.3 Å². The summed E-state index contributed by atoms with van der Waals surface area (Å²) in [5, 5.41) is 5.71. The first-order valence-electron chi connectivity index (χ1n) is 25.4. The minimum atomic E-state index is -0.862. The molecule has 0 saturated carbocycles. The number of aryl methyl sites for hydroxylation is 4. The number of anilines is 2. The predicted octanol–water partition coefficient (Wildman–Crippen LogP) is 7.19. The number of hydrogen-bond acceptors (Lipinski definition) is 12. The number of esters is 1. The number of benzene rings is 3. The van der Waals surface area contributed by atoms with Crippen molar-refractivity contribution in [1.82, 2.24) is 10.2 Å². The first-order chi connectivity index (χ1) is 34.2. The maximum absolute atomic E-state index is 14.0. The third-order valence-corrected chi connectivity index (χ3v) is 13.1. The largest absolute Gasteiger partial charge is 0.484 e. The number of nitrogens with zero attached hydrogens (tertiary/aromatic N) is 2. The van der Waals surface area contributed by atoms with Gasteiger partial charge >= 0.3 is 5.97 Å². The van der Waals surface area contributed by atoms with Crippen LogP contribution in [0.4, 0.5) is 11.4 Å². The maximum atomic E-state index is 14.0. The summed E-state index contributed by atoms with van der Waals surface area (Å²) in [5.41, 5.74) is 5.83. The van der Waals surface area contributed by atoms with Crippen molar-refractivity contribution in [1.29, 1.82) is 0 Å². The first kappa shape index (κ1) is 56.2. The Morgan fingerprint density at radius 3 is 2.18 bits per heavy atom. The molecule has 16 nitrogen and oxygen atoms in total. The van der Waals surface area contributed by atoms with Crippen LogP contribution >= 0.6 is 0 Å². The molecule has 2 aliphatic rings. The zero-order chi connectivity index (χ0) is 51.2. The highest BCUT2D eigenvalue weighted by atomic mass is 16.6. The number of amides is 4. The van der Waals surface area contributed by atoms with Crippen molar-refractivity contribution in [3.63, 3.8) is 0 Å². The molecule has 2 aliphatic heterocycles. The molecule has 388 valence electrons. The van der Waals surface area contributed by atoms with Crippen LogP contribution in [-0.2, 0) is 65.3 Å². The average molecular weight is 985 g/mol. The number of piperidine rings is 1. The predicted molar refractivity (Wildman–Crippen MR) is 270 cm³/mol. The zero-order valence-electron chi connectivity index (χ0n) is 42.8. The molecule has 1 fully saturated rings. The molecular formula is C55H76N4O12. The summed E-state index contributed by atoms with van der Waals surface area (Å²) in [4.78, 5) is 81.4. The summed E-state index contributed by atoms with van der Waals surface area (Å²) in [6.45, 7) is 15.2. The van der Waals surface area contributed by atoms with E-state index in [1.807, 2.05) is 36.9 Å². The SMILES string of the molecule is CCC(=O)N1CCCc2cc(OCC(=O)NCCOCCOCCOCCOCCC(=O)Nc3cccc([C@@H](CCc4ccc(C)c(C)c4)OC(=O)[C@@H]4CCCCN4C(=O)C(=O)C(C)(C)CC)c3)ccc21. The number of carbonyl (C=O) groups is 6. The van der Waals surface area contributed by atoms with Gasteiger partial charge in [0.1, 0.15) is 17.9 Å². The van der Waals surface area contributed by atoms with Gasteiger partial charge in [0, 0.05) is 42.8 Å². The van der Waals surface area contributed by atoms with Gasteiger partial charge in [-0.2, -0.15) is 0 Å². The van der Waals surface area contributed by atoms with Crippen molar-refractivity contribution < 1.29 is 57.2 Å². The Hall–Kier alpha value is -5.68. The van der Waals surface area contributed by atoms with Crippen molar-refractivity contribution in [2.45, 2.75) is 118 Å². The van der Waals surface area contributed by atoms with E-state index in [-0.39, 0.29) is 37.4 Å². The molecule has 0 aromatic heterocycles. The summed E-state index contributed by atoms with van der Waals surface area (Å²) >= 11 is 0. The van der Waals surface area contributed by atoms with Crippen LogP contribution in [0.3, 0.4) is 0 Å². The lowest BCUT2D eigenvalue weighted by Crippen LogP contribution is -2.53. The van der Waals surface area contributed by atoms with Gasteiger partial charge in [0.15, 0.2) is 6.61 Å². The Morgan fingerprint density at radius 1 is 0.761 bits per heavy atom. The Bertz CT molecular complexity index is 2250. The standard InChI is InChI=1S/C55H76N4O12/c1-7-51(62)58-26-12-14-42-37-45(20-21-46(42)58)70-38-50(61)56-24-28-67-30-32-69-34-33-68-31-29-66-27-23-49(60)57-44-15-11-13-43(36-44)48(22-19-41-18-17-39(3)40(4)35-41)71-54(65)47-16-9-10-25-59(47)53(64)52(63)55(5,6)8-2/h11,13,15,17-18,20-21,35-37,47-48H,7-10,12,14,16,19,22-34,38H2,1-6H3,(H,56,61)(H,57,60)/t47-,48+/m0/s1. The van der Waals surface area contributed by atoms with Gasteiger partial charge < -0.3 is 48.9 Å². The monoisotopic (exact) mass is 985 g/mol. The van der Waals surface area contributed by atoms with Crippen molar-refractivity contribution in [3.05, 3.63) is 88.5 Å². The first-order valence-corrected chi connectivity index (χ1v) is 25.4. The molecule has 5 rings (SSSR count). The van der Waals surface area contributed by atoms with E-state index < -0.39 is 35.2 Å². The van der Waals surface area contributed by atoms with Gasteiger partial charge in [0.2, 0.25) is 17.6 Å². The Labute approximate surface area is 419 Å². The molecule has 2 N–H and O–H groups in total. The van der Waals surface area contributed by atoms with Gasteiger partial charge in [0.05, 0.1) is 59.3 Å². The van der Waals surface area contributed by atoms with Crippen LogP contribution in [0.15, 0.2) is 60.7 Å². The normalized spacial score (nSPS) is 15.1. The highest BCUT2D eigenvalue weighted by Crippen LogP contribution is 2.32. The third-order valence-electron chi connectivity index (χ3n) is 13.1. The maximum Gasteiger partial charge on any atom is 0.329 e. The van der Waals surface area contributed by atoms with Crippen LogP contribution in [0.25, 0.3) is 0 Å². The van der Waals surface area contributed by atoms with Gasteiger partial charge in [-0.05, 0) is 123 Å². The van der Waals surface area contributed by atoms with Crippen LogP contribution in [0.5, 0.6) is 5.75 Å². The van der Waals surface area contributed by atoms with E-state index in [0.29, 0.717) is 115 Å². The van der Waals surface area contributed by atoms with Crippen LogP contribution in [-0.4, -0.2) is 125 Å². The van der Waals surface area contributed by atoms with Gasteiger partial charge in [-0.25, -0.2) is 4.79 Å². The van der Waals surface area contributed by atoms with Gasteiger partial charge in [-0.3, -0.25) is 24.0 Å². The van der Waals surface area contributed by atoms with Gasteiger partial charge in [-0.15, -0.1) is 0 Å². The molecule has 0 unspecified atom stereocenters. The van der Waals surface area contributed by atoms with Crippen LogP contribution in [0, 0.1) is 19.3 Å². The van der Waals surface area contributed by atoms with E-state index in [2.05, 4.69) is 42.7 Å². The number of fused-ring (bicyclic) bond motifs is 1. The molecule has 0 bridgehead atoms. The minimum Gasteiger partial charge on any atom is -0.484 e. The highest BCUT2D eigenvalue weighted by molar-refractivity contribution is 6.38. The Kier molecular flexibility index (Phi) is 23.0. The number of ether oxygens (including phenoxy) is 6. The van der Waals surface area contributed by atoms with E-state index in [0.717, 1.165) is 42.6 Å². The molecule has 0 aliphatic carbocycles. The van der Waals surface area contributed by atoms with Crippen molar-refractivity contribution in [3.8, 4) is 5.75 Å². The fourth-order valence-corrected chi connectivity index (χ4v) is 8.31. The van der Waals surface area contributed by atoms with Crippen molar-refractivity contribution >= 4 is 46.8 Å². The number of likely N-dealkylation sites (tertiary alicyclic amines) is 1. The molecule has 3 aromatic rings. The van der Waals surface area contributed by atoms with E-state index in [1.54, 1.807) is 38.1 Å². The van der Waals surface area contributed by atoms with Crippen LogP contribution in [0.2, 0.25) is 0 Å². The number of rotatable bonds is 29. The fraction of sp³-hybridized carbons (Fsp3) is 0.564. The molecule has 0 spiro atoms. The molecule has 71 heavy (non-hydrogen) atoms. The van der Waals surface area contributed by atoms with E-state index >= 15 is 0 Å². The van der Waals surface area contributed by atoms with E-state index in [9.17, 15) is 28.8 Å². The molecule has 4 amide bonds. The molecule has 16 heteroatoms. The molecule has 2 atom stereocenters. The lowest BCUT2D eigenvalue weighted by molar-refractivity contribution is -0.164. The average Bonchev–Trinajstić information content (AvgIpc) is 3.37. The molecule has 0 radical (unpaired) electrons. The Balaban J connectivity index is 0.946. The second-order valence-corrected chi connectivity index (χ2v) is 18.8. The zero-order valence-corrected chi connectivity index (χ0v) is 42.8. The lowest BCUT2D eigenvalue weighted by Gasteiger charge is -2.36. The van der Waals surface area contributed by atoms with E-state index in [4.69, 9.17) is 28.4 Å². The smallest absolute Gasteiger partial charge is 0.329 e. The molecular weight excluding hydrogens is 909 g/mol. The number of nitrogens with one attached hydrogen (secondary N) is 2. The minimum absolute atomic E-state index is 0.100. The number of Topliss-reactive ketones (excluding diaryl/α,β-unsaturated/α-hetero) is 1. The topological polar surface area (TPSA) is 188 Å². The number of hydrogen-bond donors (Lipinski definition) is 2. The summed E-state index contributed by atoms with van der Waals surface area (Å²) in [6, 6.07) is 18.2.